The number of ether oxygens (including phenoxy) is 3. The molecular formula is C19H22N2O5. The maximum atomic E-state index is 12.3. The van der Waals surface area contributed by atoms with Gasteiger partial charge in [0.05, 0.1) is 20.3 Å². The lowest BCUT2D eigenvalue weighted by atomic mass is 10.2. The third kappa shape index (κ3) is 4.89. The lowest BCUT2D eigenvalue weighted by molar-refractivity contribution is 0.0846. The largest absolute Gasteiger partial charge is 0.497 e. The molecule has 0 atom stereocenters. The Bertz CT molecular complexity index is 789. The van der Waals surface area contributed by atoms with Crippen LogP contribution in [0.25, 0.3) is 0 Å². The Kier molecular flexibility index (Phi) is 6.43. The molecule has 2 aromatic rings. The molecule has 0 fully saturated rings. The number of amides is 2. The number of carbonyl (C=O) groups excluding carboxylic acids is 2. The third-order valence-electron chi connectivity index (χ3n) is 3.41. The summed E-state index contributed by atoms with van der Waals surface area (Å²) in [5, 5.41) is 0. The van der Waals surface area contributed by atoms with E-state index < -0.39 is 11.8 Å². The van der Waals surface area contributed by atoms with Crippen molar-refractivity contribution < 1.29 is 23.8 Å². The number of benzene rings is 2. The molecule has 7 heteroatoms. The van der Waals surface area contributed by atoms with Crippen LogP contribution in [0.1, 0.15) is 34.6 Å². The van der Waals surface area contributed by atoms with Gasteiger partial charge in [0.2, 0.25) is 0 Å². The Balaban J connectivity index is 2.04. The van der Waals surface area contributed by atoms with Gasteiger partial charge in [-0.2, -0.15) is 0 Å². The number of methoxy groups -OCH3 is 2. The summed E-state index contributed by atoms with van der Waals surface area (Å²) in [6.45, 7) is 3.79. The van der Waals surface area contributed by atoms with E-state index in [1.807, 2.05) is 13.8 Å². The smallest absolute Gasteiger partial charge is 0.269 e. The van der Waals surface area contributed by atoms with E-state index in [2.05, 4.69) is 10.9 Å². The molecule has 0 unspecified atom stereocenters. The lowest BCUT2D eigenvalue weighted by Crippen LogP contribution is -2.41. The fraction of sp³-hybridized carbons (Fsp3) is 0.263. The van der Waals surface area contributed by atoms with Gasteiger partial charge in [0.1, 0.15) is 5.75 Å². The van der Waals surface area contributed by atoms with E-state index in [1.54, 1.807) is 42.5 Å². The standard InChI is InChI=1S/C19H22N2O5/c1-12(2)26-16-9-8-14(11-17(16)25-4)19(23)21-20-18(22)13-6-5-7-15(10-13)24-3/h5-12H,1-4H3,(H,20,22)(H,21,23). The molecule has 26 heavy (non-hydrogen) atoms. The molecule has 0 aromatic heterocycles. The van der Waals surface area contributed by atoms with Crippen molar-refractivity contribution in [3.8, 4) is 17.2 Å². The van der Waals surface area contributed by atoms with Crippen molar-refractivity contribution >= 4 is 11.8 Å². The molecule has 7 nitrogen and oxygen atoms in total. The number of rotatable bonds is 6. The first-order valence-corrected chi connectivity index (χ1v) is 8.04. The number of hydrogen-bond donors (Lipinski definition) is 2. The van der Waals surface area contributed by atoms with Crippen LogP contribution in [0.2, 0.25) is 0 Å². The average Bonchev–Trinajstić information content (AvgIpc) is 2.65. The first-order chi connectivity index (χ1) is 12.4. The maximum absolute atomic E-state index is 12.3. The minimum Gasteiger partial charge on any atom is -0.497 e. The molecule has 0 radical (unpaired) electrons. The number of nitrogens with one attached hydrogen (secondary N) is 2. The average molecular weight is 358 g/mol. The number of hydrazine groups is 1. The van der Waals surface area contributed by atoms with Crippen LogP contribution in [0.3, 0.4) is 0 Å². The summed E-state index contributed by atoms with van der Waals surface area (Å²) in [6, 6.07) is 11.4. The van der Waals surface area contributed by atoms with Crippen LogP contribution in [0, 0.1) is 0 Å². The highest BCUT2D eigenvalue weighted by Gasteiger charge is 2.13. The predicted octanol–water partition coefficient (Wildman–Crippen LogP) is 2.57. The van der Waals surface area contributed by atoms with E-state index in [0.29, 0.717) is 28.4 Å². The van der Waals surface area contributed by atoms with Crippen molar-refractivity contribution in [1.29, 1.82) is 0 Å². The second kappa shape index (κ2) is 8.75. The molecule has 0 heterocycles. The van der Waals surface area contributed by atoms with Crippen LogP contribution < -0.4 is 25.1 Å². The summed E-state index contributed by atoms with van der Waals surface area (Å²) in [5.41, 5.74) is 5.42. The fourth-order valence-electron chi connectivity index (χ4n) is 2.18. The van der Waals surface area contributed by atoms with Crippen molar-refractivity contribution in [2.24, 2.45) is 0 Å². The van der Waals surface area contributed by atoms with Crippen LogP contribution in [0.5, 0.6) is 17.2 Å². The molecule has 0 aliphatic carbocycles. The van der Waals surface area contributed by atoms with Crippen LogP contribution in [0.15, 0.2) is 42.5 Å². The Hall–Kier alpha value is -3.22. The molecule has 2 amide bonds. The molecule has 0 saturated carbocycles. The molecule has 2 N–H and O–H groups in total. The summed E-state index contributed by atoms with van der Waals surface area (Å²) in [6.07, 6.45) is -0.0225. The van der Waals surface area contributed by atoms with E-state index in [9.17, 15) is 9.59 Å². The number of carbonyl (C=O) groups is 2. The molecule has 0 aliphatic rings. The summed E-state index contributed by atoms with van der Waals surface area (Å²) in [4.78, 5) is 24.4. The zero-order valence-corrected chi connectivity index (χ0v) is 15.2. The van der Waals surface area contributed by atoms with Gasteiger partial charge in [-0.05, 0) is 50.2 Å². The van der Waals surface area contributed by atoms with Gasteiger partial charge < -0.3 is 14.2 Å². The summed E-state index contributed by atoms with van der Waals surface area (Å²) >= 11 is 0. The van der Waals surface area contributed by atoms with Crippen molar-refractivity contribution in [3.63, 3.8) is 0 Å². The molecule has 0 aliphatic heterocycles. The van der Waals surface area contributed by atoms with E-state index >= 15 is 0 Å². The van der Waals surface area contributed by atoms with Crippen LogP contribution >= 0.6 is 0 Å². The van der Waals surface area contributed by atoms with Crippen molar-refractivity contribution in [3.05, 3.63) is 53.6 Å². The Labute approximate surface area is 152 Å². The zero-order valence-electron chi connectivity index (χ0n) is 15.2. The SMILES string of the molecule is COc1cccc(C(=O)NNC(=O)c2ccc(OC(C)C)c(OC)c2)c1. The third-order valence-corrected chi connectivity index (χ3v) is 3.41. The van der Waals surface area contributed by atoms with Gasteiger partial charge in [-0.25, -0.2) is 0 Å². The van der Waals surface area contributed by atoms with Gasteiger partial charge in [0.15, 0.2) is 11.5 Å². The normalized spacial score (nSPS) is 10.2. The lowest BCUT2D eigenvalue weighted by Gasteiger charge is -2.14. The Morgan fingerprint density at radius 2 is 1.50 bits per heavy atom. The minimum atomic E-state index is -0.476. The van der Waals surface area contributed by atoms with E-state index in [4.69, 9.17) is 14.2 Å². The molecule has 2 rings (SSSR count). The van der Waals surface area contributed by atoms with Gasteiger partial charge in [-0.3, -0.25) is 20.4 Å². The Morgan fingerprint density at radius 1 is 0.846 bits per heavy atom. The van der Waals surface area contributed by atoms with Gasteiger partial charge in [0.25, 0.3) is 11.8 Å². The van der Waals surface area contributed by atoms with E-state index in [0.717, 1.165) is 0 Å². The molecule has 0 bridgehead atoms. The van der Waals surface area contributed by atoms with E-state index in [1.165, 1.54) is 14.2 Å². The van der Waals surface area contributed by atoms with Crippen LogP contribution in [0.4, 0.5) is 0 Å². The summed E-state index contributed by atoms with van der Waals surface area (Å²) in [7, 11) is 3.01. The molecular weight excluding hydrogens is 336 g/mol. The van der Waals surface area contributed by atoms with Gasteiger partial charge in [-0.1, -0.05) is 6.07 Å². The quantitative estimate of drug-likeness (QED) is 0.775. The van der Waals surface area contributed by atoms with Gasteiger partial charge >= 0.3 is 0 Å². The van der Waals surface area contributed by atoms with Gasteiger partial charge in [-0.15, -0.1) is 0 Å². The topological polar surface area (TPSA) is 85.9 Å². The molecule has 138 valence electrons. The molecule has 2 aromatic carbocycles. The molecule has 0 saturated heterocycles. The minimum absolute atomic E-state index is 0.0225. The van der Waals surface area contributed by atoms with Crippen molar-refractivity contribution in [1.82, 2.24) is 10.9 Å². The summed E-state index contributed by atoms with van der Waals surface area (Å²) in [5.74, 6) is 0.596. The summed E-state index contributed by atoms with van der Waals surface area (Å²) < 4.78 is 15.9. The van der Waals surface area contributed by atoms with Gasteiger partial charge in [0, 0.05) is 11.1 Å². The number of hydrogen-bond acceptors (Lipinski definition) is 5. The molecule has 0 spiro atoms. The first kappa shape index (κ1) is 19.1. The van der Waals surface area contributed by atoms with Crippen molar-refractivity contribution in [2.75, 3.05) is 14.2 Å². The second-order valence-corrected chi connectivity index (χ2v) is 5.67. The highest BCUT2D eigenvalue weighted by atomic mass is 16.5. The highest BCUT2D eigenvalue weighted by Crippen LogP contribution is 2.28. The zero-order chi connectivity index (χ0) is 19.1. The van der Waals surface area contributed by atoms with Crippen LogP contribution in [-0.2, 0) is 0 Å². The maximum Gasteiger partial charge on any atom is 0.269 e. The monoisotopic (exact) mass is 358 g/mol. The fourth-order valence-corrected chi connectivity index (χ4v) is 2.18. The second-order valence-electron chi connectivity index (χ2n) is 5.67. The Morgan fingerprint density at radius 3 is 2.08 bits per heavy atom. The van der Waals surface area contributed by atoms with Crippen LogP contribution in [-0.4, -0.2) is 32.1 Å². The highest BCUT2D eigenvalue weighted by molar-refractivity contribution is 5.99. The van der Waals surface area contributed by atoms with Crippen molar-refractivity contribution in [2.45, 2.75) is 20.0 Å². The van der Waals surface area contributed by atoms with E-state index in [-0.39, 0.29) is 6.10 Å². The first-order valence-electron chi connectivity index (χ1n) is 8.04. The predicted molar refractivity (Wildman–Crippen MR) is 96.7 cm³/mol.